The molecule has 0 aliphatic heterocycles. The van der Waals surface area contributed by atoms with Crippen LogP contribution < -0.4 is 0 Å². The Bertz CT molecular complexity index is 542. The van der Waals surface area contributed by atoms with Crippen LogP contribution in [0.5, 0.6) is 0 Å². The Morgan fingerprint density at radius 1 is 0.722 bits per heavy atom. The van der Waals surface area contributed by atoms with Gasteiger partial charge >= 0.3 is 0 Å². The van der Waals surface area contributed by atoms with E-state index in [0.29, 0.717) is 11.1 Å². The van der Waals surface area contributed by atoms with Crippen LogP contribution in [0.15, 0.2) is 36.4 Å². The summed E-state index contributed by atoms with van der Waals surface area (Å²) in [5.74, 6) is 0. The van der Waals surface area contributed by atoms with Crippen LogP contribution in [0, 0.1) is 0 Å². The van der Waals surface area contributed by atoms with E-state index in [2.05, 4.69) is 0 Å². The van der Waals surface area contributed by atoms with Crippen molar-refractivity contribution in [1.29, 1.82) is 0 Å². The summed E-state index contributed by atoms with van der Waals surface area (Å²) in [5.41, 5.74) is 0.859. The number of halogens is 4. The number of carbonyl (C=O) groups is 2. The first kappa shape index (κ1) is 17.2. The average molecular weight is 326 g/mol. The largest absolute Gasteiger partial charge is 0.276 e. The van der Waals surface area contributed by atoms with Crippen LogP contribution in [0.1, 0.15) is 20.7 Å². The summed E-state index contributed by atoms with van der Waals surface area (Å²) >= 11 is 10.7. The summed E-state index contributed by atoms with van der Waals surface area (Å²) in [7, 11) is 0. The lowest BCUT2D eigenvalue weighted by Crippen LogP contribution is -1.90. The fourth-order valence-electron chi connectivity index (χ4n) is 1.49. The van der Waals surface area contributed by atoms with Gasteiger partial charge in [0.25, 0.3) is 10.5 Å². The molecular weight excluding hydrogens is 318 g/mol. The van der Waals surface area contributed by atoms with Gasteiger partial charge in [0.15, 0.2) is 0 Å². The third-order valence-electron chi connectivity index (χ3n) is 2.29. The van der Waals surface area contributed by atoms with E-state index in [0.717, 1.165) is 10.8 Å². The van der Waals surface area contributed by atoms with Gasteiger partial charge in [0.05, 0.1) is 0 Å². The first-order valence-corrected chi connectivity index (χ1v) is 5.27. The van der Waals surface area contributed by atoms with Crippen molar-refractivity contribution in [2.75, 3.05) is 0 Å². The summed E-state index contributed by atoms with van der Waals surface area (Å²) in [6, 6.07) is 10.0. The minimum Gasteiger partial charge on any atom is -0.276 e. The van der Waals surface area contributed by atoms with Crippen LogP contribution in [-0.2, 0) is 0 Å². The van der Waals surface area contributed by atoms with Crippen molar-refractivity contribution < 1.29 is 9.59 Å². The topological polar surface area (TPSA) is 34.1 Å². The second kappa shape index (κ2) is 6.95. The fraction of sp³-hybridized carbons (Fsp3) is 0. The lowest BCUT2D eigenvalue weighted by molar-refractivity contribution is 0.107. The van der Waals surface area contributed by atoms with Crippen molar-refractivity contribution in [3.05, 3.63) is 47.5 Å². The molecule has 0 atom stereocenters. The molecular formula is C12H8Cl4O2. The number of hydrogen-bond acceptors (Lipinski definition) is 2. The van der Waals surface area contributed by atoms with Crippen LogP contribution in [0.3, 0.4) is 0 Å². The summed E-state index contributed by atoms with van der Waals surface area (Å²) < 4.78 is 0. The van der Waals surface area contributed by atoms with Gasteiger partial charge in [-0.25, -0.2) is 0 Å². The van der Waals surface area contributed by atoms with E-state index >= 15 is 0 Å². The van der Waals surface area contributed by atoms with Gasteiger partial charge < -0.3 is 0 Å². The average Bonchev–Trinajstić information content (AvgIpc) is 2.27. The van der Waals surface area contributed by atoms with Gasteiger partial charge in [0.1, 0.15) is 0 Å². The maximum Gasteiger partial charge on any atom is 0.252 e. The number of fused-ring (bicyclic) bond motifs is 1. The van der Waals surface area contributed by atoms with Crippen LogP contribution in [-0.4, -0.2) is 10.5 Å². The number of rotatable bonds is 2. The van der Waals surface area contributed by atoms with Crippen molar-refractivity contribution in [2.45, 2.75) is 0 Å². The third-order valence-corrected chi connectivity index (χ3v) is 2.73. The zero-order valence-electron chi connectivity index (χ0n) is 8.85. The van der Waals surface area contributed by atoms with E-state index in [1.165, 1.54) is 0 Å². The molecule has 0 aliphatic rings. The molecule has 0 heterocycles. The molecule has 0 saturated carbocycles. The molecule has 18 heavy (non-hydrogen) atoms. The van der Waals surface area contributed by atoms with Gasteiger partial charge in [0, 0.05) is 11.1 Å². The second-order valence-corrected chi connectivity index (χ2v) is 4.01. The highest BCUT2D eigenvalue weighted by atomic mass is 35.5. The first-order chi connectivity index (χ1) is 7.58. The van der Waals surface area contributed by atoms with Crippen LogP contribution in [0.4, 0.5) is 0 Å². The number of hydrogen-bond donors (Lipinski definition) is 0. The molecule has 96 valence electrons. The summed E-state index contributed by atoms with van der Waals surface area (Å²) in [5, 5.41) is 0.681. The zero-order chi connectivity index (χ0) is 11.7. The highest BCUT2D eigenvalue weighted by molar-refractivity contribution is 6.68. The minimum atomic E-state index is -0.501. The predicted octanol–water partition coefficient (Wildman–Crippen LogP) is 4.44. The molecule has 0 radical (unpaired) electrons. The van der Waals surface area contributed by atoms with E-state index in [-0.39, 0.29) is 24.8 Å². The van der Waals surface area contributed by atoms with Gasteiger partial charge in [0.2, 0.25) is 0 Å². The van der Waals surface area contributed by atoms with Gasteiger partial charge in [-0.05, 0) is 58.2 Å². The van der Waals surface area contributed by atoms with Gasteiger partial charge in [-0.2, -0.15) is 0 Å². The monoisotopic (exact) mass is 324 g/mol. The van der Waals surface area contributed by atoms with Crippen LogP contribution in [0.2, 0.25) is 0 Å². The zero-order valence-corrected chi connectivity index (χ0v) is 12.0. The fourth-order valence-corrected chi connectivity index (χ4v) is 1.73. The lowest BCUT2D eigenvalue weighted by atomic mass is 10.1. The molecule has 0 spiro atoms. The number of benzene rings is 2. The maximum absolute atomic E-state index is 11.0. The molecule has 0 amide bonds. The molecule has 2 rings (SSSR count). The Morgan fingerprint density at radius 2 is 1.06 bits per heavy atom. The van der Waals surface area contributed by atoms with Crippen molar-refractivity contribution >= 4 is 69.3 Å². The van der Waals surface area contributed by atoms with Crippen molar-refractivity contribution in [3.63, 3.8) is 0 Å². The summed E-state index contributed by atoms with van der Waals surface area (Å²) in [4.78, 5) is 21.9. The standard InChI is InChI=1S/C12H6Cl2O2.2ClH/c13-11(15)9-3-1-7-5-10(12(14)16)4-2-8(7)6-9;;/h1-6H;2*1H. The van der Waals surface area contributed by atoms with Crippen molar-refractivity contribution in [1.82, 2.24) is 0 Å². The highest BCUT2D eigenvalue weighted by Gasteiger charge is 2.05. The van der Waals surface area contributed by atoms with E-state index in [1.807, 2.05) is 0 Å². The molecule has 2 nitrogen and oxygen atoms in total. The SMILES string of the molecule is Cl.Cl.O=C(Cl)c1ccc2cc(C(=O)Cl)ccc2c1. The lowest BCUT2D eigenvalue weighted by Gasteiger charge is -2.01. The Labute approximate surface area is 126 Å². The van der Waals surface area contributed by atoms with E-state index in [9.17, 15) is 9.59 Å². The second-order valence-electron chi connectivity index (χ2n) is 3.32. The third kappa shape index (κ3) is 3.59. The predicted molar refractivity (Wildman–Crippen MR) is 78.8 cm³/mol. The molecule has 2 aromatic rings. The van der Waals surface area contributed by atoms with Gasteiger partial charge in [-0.3, -0.25) is 9.59 Å². The van der Waals surface area contributed by atoms with Crippen LogP contribution in [0.25, 0.3) is 10.8 Å². The number of carbonyl (C=O) groups excluding carboxylic acids is 2. The van der Waals surface area contributed by atoms with Crippen LogP contribution >= 0.6 is 48.0 Å². The van der Waals surface area contributed by atoms with Gasteiger partial charge in [-0.1, -0.05) is 12.1 Å². The van der Waals surface area contributed by atoms with Gasteiger partial charge in [-0.15, -0.1) is 24.8 Å². The molecule has 0 unspecified atom stereocenters. The quantitative estimate of drug-likeness (QED) is 0.765. The van der Waals surface area contributed by atoms with E-state index < -0.39 is 10.5 Å². The van der Waals surface area contributed by atoms with E-state index in [4.69, 9.17) is 23.2 Å². The Hall–Kier alpha value is -0.800. The van der Waals surface area contributed by atoms with E-state index in [1.54, 1.807) is 36.4 Å². The molecule has 0 N–H and O–H groups in total. The van der Waals surface area contributed by atoms with Crippen molar-refractivity contribution in [3.8, 4) is 0 Å². The normalized spacial score (nSPS) is 9.22. The molecule has 0 fully saturated rings. The van der Waals surface area contributed by atoms with Crippen molar-refractivity contribution in [2.24, 2.45) is 0 Å². The smallest absolute Gasteiger partial charge is 0.252 e. The molecule has 0 saturated heterocycles. The highest BCUT2D eigenvalue weighted by Crippen LogP contribution is 2.19. The first-order valence-electron chi connectivity index (χ1n) is 4.51. The molecule has 0 bridgehead atoms. The summed E-state index contributed by atoms with van der Waals surface area (Å²) in [6.45, 7) is 0. The minimum absolute atomic E-state index is 0. The molecule has 6 heteroatoms. The molecule has 0 aromatic heterocycles. The summed E-state index contributed by atoms with van der Waals surface area (Å²) in [6.07, 6.45) is 0. The molecule has 2 aromatic carbocycles. The Balaban J connectivity index is 0.00000144. The molecule has 0 aliphatic carbocycles. The Morgan fingerprint density at radius 3 is 1.33 bits per heavy atom. The Kier molecular flexibility index (Phi) is 6.64. The maximum atomic E-state index is 11.0.